The Hall–Kier alpha value is -1.17. The van der Waals surface area contributed by atoms with E-state index in [2.05, 4.69) is 10.2 Å². The molecule has 15 heavy (non-hydrogen) atoms. The van der Waals surface area contributed by atoms with Gasteiger partial charge in [0.05, 0.1) is 0 Å². The number of rotatable bonds is 3. The Kier molecular flexibility index (Phi) is 3.15. The molecule has 0 atom stereocenters. The Bertz CT molecular complexity index is 447. The molecule has 0 unspecified atom stereocenters. The number of nitrogens with two attached hydrogens (primary N) is 1. The molecule has 0 aliphatic carbocycles. The van der Waals surface area contributed by atoms with Crippen LogP contribution in [-0.2, 0) is 6.54 Å². The highest BCUT2D eigenvalue weighted by atomic mass is 35.5. The summed E-state index contributed by atoms with van der Waals surface area (Å²) < 4.78 is 5.50. The summed E-state index contributed by atoms with van der Waals surface area (Å²) in [5.41, 5.74) is 8.06. The van der Waals surface area contributed by atoms with E-state index in [0.29, 0.717) is 22.5 Å². The molecule has 1 heterocycles. The van der Waals surface area contributed by atoms with Crippen LogP contribution in [0.1, 0.15) is 5.56 Å². The van der Waals surface area contributed by atoms with E-state index >= 15 is 0 Å². The second-order valence-electron chi connectivity index (χ2n) is 2.76. The van der Waals surface area contributed by atoms with Gasteiger partial charge >= 0.3 is 0 Å². The maximum absolute atomic E-state index is 5.86. The summed E-state index contributed by atoms with van der Waals surface area (Å²) in [5.74, 6) is 0.627. The van der Waals surface area contributed by atoms with E-state index in [-0.39, 0.29) is 0 Å². The zero-order valence-corrected chi connectivity index (χ0v) is 9.26. The fourth-order valence-electron chi connectivity index (χ4n) is 1.09. The number of nitrogens with zero attached hydrogens (tertiary/aromatic N) is 2. The fraction of sp³-hybridized carbons (Fsp3) is 0.111. The molecular formula is C9H8ClN3OS. The van der Waals surface area contributed by atoms with Crippen LogP contribution in [0.25, 0.3) is 0 Å². The van der Waals surface area contributed by atoms with Crippen molar-refractivity contribution < 1.29 is 4.74 Å². The minimum atomic E-state index is 0.394. The van der Waals surface area contributed by atoms with E-state index in [9.17, 15) is 0 Å². The summed E-state index contributed by atoms with van der Waals surface area (Å²) in [5, 5.41) is 8.54. The largest absolute Gasteiger partial charge is 0.429 e. The van der Waals surface area contributed by atoms with Gasteiger partial charge in [0.1, 0.15) is 11.3 Å². The molecule has 2 aromatic rings. The molecule has 4 nitrogen and oxygen atoms in total. The Balaban J connectivity index is 2.30. The molecule has 2 rings (SSSR count). The van der Waals surface area contributed by atoms with Crippen LogP contribution in [-0.4, -0.2) is 10.2 Å². The molecule has 1 aromatic heterocycles. The zero-order valence-electron chi connectivity index (χ0n) is 7.68. The number of hydrogen-bond acceptors (Lipinski definition) is 5. The highest BCUT2D eigenvalue weighted by Crippen LogP contribution is 2.28. The average Bonchev–Trinajstić information content (AvgIpc) is 2.71. The average molecular weight is 242 g/mol. The molecule has 0 spiro atoms. The maximum atomic E-state index is 5.86. The lowest BCUT2D eigenvalue weighted by atomic mass is 10.2. The summed E-state index contributed by atoms with van der Waals surface area (Å²) in [4.78, 5) is 0. The molecule has 0 radical (unpaired) electrons. The quantitative estimate of drug-likeness (QED) is 0.897. The molecule has 0 amide bonds. The molecule has 1 aromatic carbocycles. The van der Waals surface area contributed by atoms with Crippen molar-refractivity contribution in [2.75, 3.05) is 0 Å². The summed E-state index contributed by atoms with van der Waals surface area (Å²) in [7, 11) is 0. The van der Waals surface area contributed by atoms with E-state index in [1.165, 1.54) is 11.3 Å². The van der Waals surface area contributed by atoms with Crippen LogP contribution < -0.4 is 10.5 Å². The SMILES string of the molecule is NCc1ccc(Cl)cc1Oc1nncs1. The van der Waals surface area contributed by atoms with Gasteiger partial charge in [0, 0.05) is 17.1 Å². The molecule has 0 bridgehead atoms. The molecular weight excluding hydrogens is 234 g/mol. The number of aromatic nitrogens is 2. The Morgan fingerprint density at radius 3 is 3.00 bits per heavy atom. The Morgan fingerprint density at radius 1 is 1.47 bits per heavy atom. The predicted molar refractivity (Wildman–Crippen MR) is 59.3 cm³/mol. The topological polar surface area (TPSA) is 61.0 Å². The van der Waals surface area contributed by atoms with Crippen LogP contribution >= 0.6 is 22.9 Å². The molecule has 0 saturated carbocycles. The third kappa shape index (κ3) is 2.44. The third-order valence-corrected chi connectivity index (χ3v) is 2.59. The molecule has 0 fully saturated rings. The minimum absolute atomic E-state index is 0.394. The van der Waals surface area contributed by atoms with Crippen molar-refractivity contribution in [3.63, 3.8) is 0 Å². The van der Waals surface area contributed by atoms with Crippen LogP contribution in [0.3, 0.4) is 0 Å². The van der Waals surface area contributed by atoms with Crippen molar-refractivity contribution in [2.45, 2.75) is 6.54 Å². The first kappa shape index (κ1) is 10.4. The van der Waals surface area contributed by atoms with E-state index in [1.807, 2.05) is 6.07 Å². The van der Waals surface area contributed by atoms with Crippen molar-refractivity contribution >= 4 is 22.9 Å². The van der Waals surface area contributed by atoms with E-state index in [1.54, 1.807) is 17.6 Å². The summed E-state index contributed by atoms with van der Waals surface area (Å²) in [6.45, 7) is 0.394. The van der Waals surface area contributed by atoms with E-state index in [4.69, 9.17) is 22.1 Å². The van der Waals surface area contributed by atoms with Crippen molar-refractivity contribution in [1.82, 2.24) is 10.2 Å². The molecule has 0 saturated heterocycles. The second kappa shape index (κ2) is 4.57. The van der Waals surface area contributed by atoms with Gasteiger partial charge < -0.3 is 10.5 Å². The van der Waals surface area contributed by atoms with Gasteiger partial charge in [-0.3, -0.25) is 0 Å². The monoisotopic (exact) mass is 241 g/mol. The van der Waals surface area contributed by atoms with Crippen LogP contribution in [0.15, 0.2) is 23.7 Å². The van der Waals surface area contributed by atoms with Crippen molar-refractivity contribution in [2.24, 2.45) is 5.73 Å². The molecule has 78 valence electrons. The number of halogens is 1. The Morgan fingerprint density at radius 2 is 2.33 bits per heavy atom. The van der Waals surface area contributed by atoms with Crippen molar-refractivity contribution in [3.05, 3.63) is 34.3 Å². The lowest BCUT2D eigenvalue weighted by molar-refractivity contribution is 0.467. The normalized spacial score (nSPS) is 10.3. The highest BCUT2D eigenvalue weighted by molar-refractivity contribution is 7.11. The number of hydrogen-bond donors (Lipinski definition) is 1. The molecule has 0 aliphatic rings. The van der Waals surface area contributed by atoms with Crippen LogP contribution in [0.4, 0.5) is 0 Å². The van der Waals surface area contributed by atoms with E-state index in [0.717, 1.165) is 5.56 Å². The van der Waals surface area contributed by atoms with Gasteiger partial charge in [-0.05, 0) is 12.1 Å². The minimum Gasteiger partial charge on any atom is -0.429 e. The smallest absolute Gasteiger partial charge is 0.299 e. The maximum Gasteiger partial charge on any atom is 0.299 e. The third-order valence-electron chi connectivity index (χ3n) is 1.79. The summed E-state index contributed by atoms with van der Waals surface area (Å²) in [6, 6.07) is 5.32. The lowest BCUT2D eigenvalue weighted by Crippen LogP contribution is -1.99. The molecule has 2 N–H and O–H groups in total. The number of ether oxygens (including phenoxy) is 1. The molecule has 0 aliphatic heterocycles. The van der Waals surface area contributed by atoms with Gasteiger partial charge in [-0.15, -0.1) is 5.10 Å². The molecule has 6 heteroatoms. The lowest BCUT2D eigenvalue weighted by Gasteiger charge is -2.06. The summed E-state index contributed by atoms with van der Waals surface area (Å²) in [6.07, 6.45) is 0. The van der Waals surface area contributed by atoms with Gasteiger partial charge in [-0.2, -0.15) is 0 Å². The number of benzene rings is 1. The first-order chi connectivity index (χ1) is 7.29. The second-order valence-corrected chi connectivity index (χ2v) is 4.00. The first-order valence-corrected chi connectivity index (χ1v) is 5.48. The van der Waals surface area contributed by atoms with Crippen molar-refractivity contribution in [3.8, 4) is 10.9 Å². The van der Waals surface area contributed by atoms with Gasteiger partial charge in [-0.1, -0.05) is 34.1 Å². The van der Waals surface area contributed by atoms with Gasteiger partial charge in [0.25, 0.3) is 5.19 Å². The Labute approximate surface area is 95.7 Å². The fourth-order valence-corrected chi connectivity index (χ4v) is 1.67. The van der Waals surface area contributed by atoms with Crippen LogP contribution in [0, 0.1) is 0 Å². The van der Waals surface area contributed by atoms with E-state index < -0.39 is 0 Å². The summed E-state index contributed by atoms with van der Waals surface area (Å²) >= 11 is 7.17. The predicted octanol–water partition coefficient (Wildman–Crippen LogP) is 2.44. The first-order valence-electron chi connectivity index (χ1n) is 4.22. The van der Waals surface area contributed by atoms with Gasteiger partial charge in [-0.25, -0.2) is 0 Å². The van der Waals surface area contributed by atoms with Crippen LogP contribution in [0.5, 0.6) is 10.9 Å². The van der Waals surface area contributed by atoms with Gasteiger partial charge in [0.2, 0.25) is 0 Å². The zero-order chi connectivity index (χ0) is 10.7. The van der Waals surface area contributed by atoms with Crippen molar-refractivity contribution in [1.29, 1.82) is 0 Å². The van der Waals surface area contributed by atoms with Gasteiger partial charge in [0.15, 0.2) is 0 Å². The standard InChI is InChI=1S/C9H8ClN3OS/c10-7-2-1-6(4-11)8(3-7)14-9-13-12-5-15-9/h1-3,5H,4,11H2. The van der Waals surface area contributed by atoms with Crippen LogP contribution in [0.2, 0.25) is 5.02 Å². The highest BCUT2D eigenvalue weighted by Gasteiger charge is 2.06.